The number of aromatic nitrogens is 1. The highest BCUT2D eigenvalue weighted by Gasteiger charge is 2.48. The number of hydrogen-bond donors (Lipinski definition) is 4. The van der Waals surface area contributed by atoms with E-state index >= 15 is 0 Å². The molecule has 4 heterocycles. The van der Waals surface area contributed by atoms with Crippen LogP contribution in [0.15, 0.2) is 36.4 Å². The minimum Gasteiger partial charge on any atom is -0.508 e. The van der Waals surface area contributed by atoms with Gasteiger partial charge in [0.05, 0.1) is 19.8 Å². The third-order valence-corrected chi connectivity index (χ3v) is 9.03. The van der Waals surface area contributed by atoms with Crippen molar-refractivity contribution in [2.75, 3.05) is 26.8 Å². The second kappa shape index (κ2) is 8.84. The molecular formula is C29H36N2O4. The van der Waals surface area contributed by atoms with Crippen LogP contribution >= 0.6 is 0 Å². The fraction of sp³-hybridized carbons (Fsp3) is 0.517. The summed E-state index contributed by atoms with van der Waals surface area (Å²) in [5, 5.41) is 31.7. The molecule has 4 N–H and O–H groups in total. The van der Waals surface area contributed by atoms with Gasteiger partial charge in [0.25, 0.3) is 0 Å². The van der Waals surface area contributed by atoms with E-state index in [0.717, 1.165) is 41.4 Å². The Hall–Kier alpha value is -2.54. The lowest BCUT2D eigenvalue weighted by molar-refractivity contribution is -0.0134. The van der Waals surface area contributed by atoms with Crippen molar-refractivity contribution < 1.29 is 20.1 Å². The Morgan fingerprint density at radius 3 is 2.69 bits per heavy atom. The lowest BCUT2D eigenvalue weighted by Crippen LogP contribution is -2.56. The van der Waals surface area contributed by atoms with Gasteiger partial charge in [0.1, 0.15) is 11.5 Å². The highest BCUT2D eigenvalue weighted by atomic mass is 16.5. The quantitative estimate of drug-likeness (QED) is 0.430. The van der Waals surface area contributed by atoms with Crippen LogP contribution in [0.4, 0.5) is 0 Å². The number of aliphatic hydroxyl groups is 2. The van der Waals surface area contributed by atoms with Gasteiger partial charge in [-0.2, -0.15) is 0 Å². The van der Waals surface area contributed by atoms with E-state index in [1.807, 2.05) is 0 Å². The third kappa shape index (κ3) is 3.65. The molecule has 4 aliphatic rings. The molecule has 186 valence electrons. The summed E-state index contributed by atoms with van der Waals surface area (Å²) in [6, 6.07) is 11.7. The van der Waals surface area contributed by atoms with Crippen molar-refractivity contribution in [1.29, 1.82) is 0 Å². The topological polar surface area (TPSA) is 89.0 Å². The Kier molecular flexibility index (Phi) is 5.78. The summed E-state index contributed by atoms with van der Waals surface area (Å²) in [6.07, 6.45) is 3.92. The standard InChI is InChI=1S/C29H36N2O4/c1-3-17-10-16-11-23-28-20(8-9-31(14-16)29(17)23)21-13-26(35-2)22(12-24(21)30-28)27(25(34)15-32)18-4-6-19(33)7-5-18/h4-7,12-13,16-17,23,25,27,29-30,32-34H,3,8-11,14-15H2,1-2H3/t16-,17+,23+,25+,27-,29+/m1/s1. The van der Waals surface area contributed by atoms with Crippen LogP contribution in [0.2, 0.25) is 0 Å². The molecule has 6 nitrogen and oxygen atoms in total. The molecule has 7 atom stereocenters. The summed E-state index contributed by atoms with van der Waals surface area (Å²) in [5.74, 6) is 2.51. The number of ether oxygens (including phenoxy) is 1. The maximum atomic E-state index is 10.8. The molecule has 2 aromatic carbocycles. The highest BCUT2D eigenvalue weighted by Crippen LogP contribution is 2.51. The number of rotatable bonds is 6. The number of benzene rings is 2. The average molecular weight is 477 g/mol. The lowest BCUT2D eigenvalue weighted by atomic mass is 9.65. The van der Waals surface area contributed by atoms with Gasteiger partial charge in [-0.25, -0.2) is 0 Å². The number of hydrogen-bond acceptors (Lipinski definition) is 5. The van der Waals surface area contributed by atoms with E-state index in [4.69, 9.17) is 4.74 Å². The molecule has 3 aliphatic heterocycles. The van der Waals surface area contributed by atoms with E-state index < -0.39 is 12.0 Å². The Morgan fingerprint density at radius 1 is 1.17 bits per heavy atom. The first-order valence-corrected chi connectivity index (χ1v) is 13.1. The Bertz CT molecular complexity index is 1220. The predicted molar refractivity (Wildman–Crippen MR) is 136 cm³/mol. The number of aliphatic hydroxyl groups excluding tert-OH is 2. The molecule has 0 amide bonds. The lowest BCUT2D eigenvalue weighted by Gasteiger charge is -2.53. The highest BCUT2D eigenvalue weighted by molar-refractivity contribution is 5.88. The molecule has 7 rings (SSSR count). The normalized spacial score (nSPS) is 29.0. The second-order valence-electron chi connectivity index (χ2n) is 10.8. The molecule has 1 aliphatic carbocycles. The number of H-pyrrole nitrogens is 1. The van der Waals surface area contributed by atoms with Crippen molar-refractivity contribution in [3.63, 3.8) is 0 Å². The van der Waals surface area contributed by atoms with Gasteiger partial charge >= 0.3 is 0 Å². The van der Waals surface area contributed by atoms with Crippen molar-refractivity contribution in [2.45, 2.75) is 56.6 Å². The molecule has 1 unspecified atom stereocenters. The van der Waals surface area contributed by atoms with E-state index in [-0.39, 0.29) is 12.4 Å². The summed E-state index contributed by atoms with van der Waals surface area (Å²) in [4.78, 5) is 6.60. The second-order valence-corrected chi connectivity index (χ2v) is 10.8. The van der Waals surface area contributed by atoms with Crippen LogP contribution in [0, 0.1) is 11.8 Å². The zero-order valence-corrected chi connectivity index (χ0v) is 20.6. The van der Waals surface area contributed by atoms with Gasteiger partial charge in [0.15, 0.2) is 0 Å². The number of methoxy groups -OCH3 is 1. The molecule has 6 heteroatoms. The minimum atomic E-state index is -0.994. The van der Waals surface area contributed by atoms with Crippen LogP contribution in [-0.4, -0.2) is 64.2 Å². The van der Waals surface area contributed by atoms with Gasteiger partial charge in [0.2, 0.25) is 0 Å². The zero-order valence-electron chi connectivity index (χ0n) is 20.6. The number of phenols is 1. The number of nitrogens with one attached hydrogen (secondary N) is 1. The summed E-state index contributed by atoms with van der Waals surface area (Å²) in [6.45, 7) is 4.34. The van der Waals surface area contributed by atoms with Crippen LogP contribution in [0.5, 0.6) is 11.5 Å². The largest absolute Gasteiger partial charge is 0.508 e. The van der Waals surface area contributed by atoms with E-state index in [0.29, 0.717) is 17.7 Å². The molecule has 0 spiro atoms. The molecule has 1 aromatic heterocycles. The maximum absolute atomic E-state index is 10.8. The molecule has 4 bridgehead atoms. The first-order chi connectivity index (χ1) is 17.0. The van der Waals surface area contributed by atoms with E-state index in [2.05, 4.69) is 28.9 Å². The van der Waals surface area contributed by atoms with Crippen LogP contribution < -0.4 is 4.74 Å². The van der Waals surface area contributed by atoms with E-state index in [9.17, 15) is 15.3 Å². The number of aromatic amines is 1. The molecule has 35 heavy (non-hydrogen) atoms. The van der Waals surface area contributed by atoms with Crippen molar-refractivity contribution in [3.05, 3.63) is 58.8 Å². The summed E-state index contributed by atoms with van der Waals surface area (Å²) in [7, 11) is 1.67. The number of fused-ring (bicyclic) bond motifs is 4. The van der Waals surface area contributed by atoms with E-state index in [1.165, 1.54) is 42.5 Å². The van der Waals surface area contributed by atoms with Crippen molar-refractivity contribution in [3.8, 4) is 11.5 Å². The third-order valence-electron chi connectivity index (χ3n) is 9.03. The molecule has 0 radical (unpaired) electrons. The summed E-state index contributed by atoms with van der Waals surface area (Å²) < 4.78 is 5.87. The van der Waals surface area contributed by atoms with Gasteiger partial charge in [-0.15, -0.1) is 0 Å². The molecule has 2 saturated heterocycles. The summed E-state index contributed by atoms with van der Waals surface area (Å²) in [5.41, 5.74) is 5.55. The predicted octanol–water partition coefficient (Wildman–Crippen LogP) is 4.13. The fourth-order valence-corrected chi connectivity index (χ4v) is 7.56. The van der Waals surface area contributed by atoms with Crippen molar-refractivity contribution in [2.24, 2.45) is 11.8 Å². The first-order valence-electron chi connectivity index (χ1n) is 13.1. The molecule has 3 aromatic rings. The SMILES string of the molecule is CC[C@H]1C[C@@H]2C[C@H]3c4[nH]c5cc([C@@H](c6ccc(O)cc6)[C@@H](O)CO)c(OC)cc5c4CCN(C2)[C@@H]13. The van der Waals surface area contributed by atoms with Gasteiger partial charge in [-0.3, -0.25) is 4.90 Å². The van der Waals surface area contributed by atoms with Gasteiger partial charge in [-0.05, 0) is 66.5 Å². The summed E-state index contributed by atoms with van der Waals surface area (Å²) >= 11 is 0. The van der Waals surface area contributed by atoms with E-state index in [1.54, 1.807) is 31.4 Å². The van der Waals surface area contributed by atoms with Gasteiger partial charge in [0, 0.05) is 53.1 Å². The zero-order chi connectivity index (χ0) is 24.3. The molecular weight excluding hydrogens is 440 g/mol. The maximum Gasteiger partial charge on any atom is 0.123 e. The number of piperidine rings is 2. The Labute approximate surface area is 206 Å². The first kappa shape index (κ1) is 22.9. The average Bonchev–Trinajstić information content (AvgIpc) is 3.19. The van der Waals surface area contributed by atoms with Crippen LogP contribution in [-0.2, 0) is 6.42 Å². The number of aromatic hydroxyl groups is 1. The molecule has 3 fully saturated rings. The molecule has 1 saturated carbocycles. The van der Waals surface area contributed by atoms with Crippen LogP contribution in [0.25, 0.3) is 10.9 Å². The van der Waals surface area contributed by atoms with Crippen molar-refractivity contribution in [1.82, 2.24) is 9.88 Å². The van der Waals surface area contributed by atoms with Crippen LogP contribution in [0.3, 0.4) is 0 Å². The Balaban J connectivity index is 1.48. The number of nitrogens with zero attached hydrogens (tertiary/aromatic N) is 1. The number of phenolic OH excluding ortho intramolecular Hbond substituents is 1. The minimum absolute atomic E-state index is 0.169. The van der Waals surface area contributed by atoms with Crippen LogP contribution in [0.1, 0.15) is 60.4 Å². The monoisotopic (exact) mass is 476 g/mol. The van der Waals surface area contributed by atoms with Crippen molar-refractivity contribution >= 4 is 10.9 Å². The Morgan fingerprint density at radius 2 is 1.97 bits per heavy atom. The van der Waals surface area contributed by atoms with Gasteiger partial charge in [-0.1, -0.05) is 25.5 Å². The fourth-order valence-electron chi connectivity index (χ4n) is 7.56. The smallest absolute Gasteiger partial charge is 0.123 e. The van der Waals surface area contributed by atoms with Gasteiger partial charge < -0.3 is 25.0 Å².